The Morgan fingerprint density at radius 2 is 2.12 bits per heavy atom. The molecule has 0 spiro atoms. The van der Waals surface area contributed by atoms with Gasteiger partial charge in [-0.1, -0.05) is 6.07 Å². The van der Waals surface area contributed by atoms with Gasteiger partial charge in [0.15, 0.2) is 0 Å². The maximum Gasteiger partial charge on any atom is 0.101 e. The number of para-hydroxylation sites is 1. The fourth-order valence-corrected chi connectivity index (χ4v) is 1.38. The summed E-state index contributed by atoms with van der Waals surface area (Å²) in [5, 5.41) is 18.2. The summed E-state index contributed by atoms with van der Waals surface area (Å²) in [4.78, 5) is 1.88. The van der Waals surface area contributed by atoms with E-state index in [1.807, 2.05) is 37.9 Å². The molecule has 4 heteroatoms. The van der Waals surface area contributed by atoms with E-state index in [0.29, 0.717) is 11.3 Å². The first-order valence-electron chi connectivity index (χ1n) is 5.07. The molecule has 1 aromatic carbocycles. The highest BCUT2D eigenvalue weighted by Gasteiger charge is 2.24. The minimum Gasteiger partial charge on any atom is -0.396 e. The highest BCUT2D eigenvalue weighted by molar-refractivity contribution is 5.74. The van der Waals surface area contributed by atoms with E-state index in [1.54, 1.807) is 12.1 Å². The number of benzene rings is 1. The zero-order chi connectivity index (χ0) is 12.3. The molecule has 0 aliphatic heterocycles. The number of aliphatic hydroxyl groups excluding tert-OH is 1. The molecule has 0 radical (unpaired) electrons. The van der Waals surface area contributed by atoms with Crippen molar-refractivity contribution in [1.82, 2.24) is 0 Å². The van der Waals surface area contributed by atoms with E-state index in [1.165, 1.54) is 0 Å². The predicted octanol–water partition coefficient (Wildman–Crippen LogP) is 1.35. The molecule has 1 aromatic rings. The maximum absolute atomic E-state index is 9.30. The second-order valence-corrected chi connectivity index (χ2v) is 4.38. The zero-order valence-electron chi connectivity index (χ0n) is 9.86. The quantitative estimate of drug-likeness (QED) is 0.752. The number of nitrogen functional groups attached to an aromatic ring is 1. The van der Waals surface area contributed by atoms with Gasteiger partial charge in [-0.3, -0.25) is 0 Å². The summed E-state index contributed by atoms with van der Waals surface area (Å²) in [6.07, 6.45) is 0. The lowest BCUT2D eigenvalue weighted by molar-refractivity contribution is 0.216. The number of nitriles is 1. The van der Waals surface area contributed by atoms with Crippen LogP contribution in [0.1, 0.15) is 19.4 Å². The average molecular weight is 219 g/mol. The minimum absolute atomic E-state index is 0.0136. The van der Waals surface area contributed by atoms with Crippen LogP contribution in [0.15, 0.2) is 18.2 Å². The Kier molecular flexibility index (Phi) is 3.41. The summed E-state index contributed by atoms with van der Waals surface area (Å²) in [6.45, 7) is 3.83. The van der Waals surface area contributed by atoms with Gasteiger partial charge in [-0.05, 0) is 26.0 Å². The highest BCUT2D eigenvalue weighted by Crippen LogP contribution is 2.29. The third-order valence-corrected chi connectivity index (χ3v) is 2.86. The largest absolute Gasteiger partial charge is 0.396 e. The standard InChI is InChI=1S/C12H17N3O/c1-12(2,8-16)15(3)10-6-4-5-9(7-13)11(10)14/h4-6,16H,8,14H2,1-3H3. The molecule has 0 aliphatic carbocycles. The van der Waals surface area contributed by atoms with Crippen molar-refractivity contribution in [1.29, 1.82) is 5.26 Å². The number of hydrogen-bond donors (Lipinski definition) is 2. The molecule has 4 nitrogen and oxygen atoms in total. The summed E-state index contributed by atoms with van der Waals surface area (Å²) in [5.74, 6) is 0. The monoisotopic (exact) mass is 219 g/mol. The van der Waals surface area contributed by atoms with Crippen LogP contribution in [-0.2, 0) is 0 Å². The number of nitrogens with zero attached hydrogens (tertiary/aromatic N) is 2. The molecule has 86 valence electrons. The van der Waals surface area contributed by atoms with Gasteiger partial charge in [-0.15, -0.1) is 0 Å². The van der Waals surface area contributed by atoms with Crippen LogP contribution in [0.3, 0.4) is 0 Å². The van der Waals surface area contributed by atoms with Crippen molar-refractivity contribution in [3.63, 3.8) is 0 Å². The maximum atomic E-state index is 9.30. The fraction of sp³-hybridized carbons (Fsp3) is 0.417. The summed E-state index contributed by atoms with van der Waals surface area (Å²) in [7, 11) is 1.85. The zero-order valence-corrected chi connectivity index (χ0v) is 9.86. The van der Waals surface area contributed by atoms with Crippen molar-refractivity contribution in [3.8, 4) is 6.07 Å². The predicted molar refractivity (Wildman–Crippen MR) is 65.1 cm³/mol. The first-order valence-corrected chi connectivity index (χ1v) is 5.07. The van der Waals surface area contributed by atoms with Crippen molar-refractivity contribution < 1.29 is 5.11 Å². The van der Waals surface area contributed by atoms with E-state index in [-0.39, 0.29) is 6.61 Å². The van der Waals surface area contributed by atoms with Gasteiger partial charge in [-0.2, -0.15) is 5.26 Å². The molecule has 0 heterocycles. The molecule has 1 rings (SSSR count). The van der Waals surface area contributed by atoms with Gasteiger partial charge in [0.05, 0.1) is 29.1 Å². The highest BCUT2D eigenvalue weighted by atomic mass is 16.3. The molecule has 3 N–H and O–H groups in total. The minimum atomic E-state index is -0.414. The number of hydrogen-bond acceptors (Lipinski definition) is 4. The number of anilines is 2. The molecule has 0 amide bonds. The van der Waals surface area contributed by atoms with Crippen molar-refractivity contribution >= 4 is 11.4 Å². The smallest absolute Gasteiger partial charge is 0.101 e. The summed E-state index contributed by atoms with van der Waals surface area (Å²) in [5.41, 5.74) is 7.16. The van der Waals surface area contributed by atoms with Gasteiger partial charge >= 0.3 is 0 Å². The number of nitrogens with two attached hydrogens (primary N) is 1. The van der Waals surface area contributed by atoms with Gasteiger partial charge in [0, 0.05) is 7.05 Å². The first-order chi connectivity index (χ1) is 7.44. The molecule has 0 saturated carbocycles. The van der Waals surface area contributed by atoms with Crippen LogP contribution in [0.25, 0.3) is 0 Å². The molecule has 0 bridgehead atoms. The van der Waals surface area contributed by atoms with E-state index in [9.17, 15) is 5.11 Å². The first kappa shape index (κ1) is 12.3. The van der Waals surface area contributed by atoms with E-state index in [4.69, 9.17) is 11.0 Å². The summed E-state index contributed by atoms with van der Waals surface area (Å²) < 4.78 is 0. The lowest BCUT2D eigenvalue weighted by atomic mass is 10.0. The van der Waals surface area contributed by atoms with Crippen LogP contribution < -0.4 is 10.6 Å². The molecule has 0 aliphatic rings. The summed E-state index contributed by atoms with van der Waals surface area (Å²) >= 11 is 0. The Balaban J connectivity index is 3.20. The van der Waals surface area contributed by atoms with Crippen LogP contribution in [0.5, 0.6) is 0 Å². The van der Waals surface area contributed by atoms with Gasteiger partial charge in [0.1, 0.15) is 6.07 Å². The average Bonchev–Trinajstić information content (AvgIpc) is 2.28. The Morgan fingerprint density at radius 3 is 2.62 bits per heavy atom. The van der Waals surface area contributed by atoms with Gasteiger partial charge in [0.2, 0.25) is 0 Å². The Morgan fingerprint density at radius 1 is 1.50 bits per heavy atom. The molecular formula is C12H17N3O. The third kappa shape index (κ3) is 2.10. The Labute approximate surface area is 95.9 Å². The van der Waals surface area contributed by atoms with E-state index in [2.05, 4.69) is 0 Å². The second-order valence-electron chi connectivity index (χ2n) is 4.38. The van der Waals surface area contributed by atoms with Crippen molar-refractivity contribution in [3.05, 3.63) is 23.8 Å². The number of aliphatic hydroxyl groups is 1. The lowest BCUT2D eigenvalue weighted by Crippen LogP contribution is -2.44. The number of likely N-dealkylation sites (N-methyl/N-ethyl adjacent to an activating group) is 1. The Hall–Kier alpha value is -1.73. The van der Waals surface area contributed by atoms with Crippen molar-refractivity contribution in [2.45, 2.75) is 19.4 Å². The molecular weight excluding hydrogens is 202 g/mol. The normalized spacial score (nSPS) is 10.9. The van der Waals surface area contributed by atoms with Crippen molar-refractivity contribution in [2.75, 3.05) is 24.3 Å². The van der Waals surface area contributed by atoms with Crippen LogP contribution in [0.2, 0.25) is 0 Å². The SMILES string of the molecule is CN(c1cccc(C#N)c1N)C(C)(C)CO. The Bertz CT molecular complexity index is 421. The van der Waals surface area contributed by atoms with Gasteiger partial charge < -0.3 is 15.7 Å². The van der Waals surface area contributed by atoms with Crippen LogP contribution in [-0.4, -0.2) is 24.3 Å². The molecule has 0 aromatic heterocycles. The molecule has 0 unspecified atom stereocenters. The van der Waals surface area contributed by atoms with E-state index in [0.717, 1.165) is 5.69 Å². The number of rotatable bonds is 3. The van der Waals surface area contributed by atoms with Crippen LogP contribution >= 0.6 is 0 Å². The second kappa shape index (κ2) is 4.42. The van der Waals surface area contributed by atoms with E-state index >= 15 is 0 Å². The lowest BCUT2D eigenvalue weighted by Gasteiger charge is -2.36. The van der Waals surface area contributed by atoms with Crippen LogP contribution in [0.4, 0.5) is 11.4 Å². The topological polar surface area (TPSA) is 73.3 Å². The third-order valence-electron chi connectivity index (χ3n) is 2.86. The molecule has 0 fully saturated rings. The van der Waals surface area contributed by atoms with Gasteiger partial charge in [-0.25, -0.2) is 0 Å². The molecule has 0 saturated heterocycles. The summed E-state index contributed by atoms with van der Waals surface area (Å²) in [6, 6.07) is 7.35. The molecule has 16 heavy (non-hydrogen) atoms. The van der Waals surface area contributed by atoms with Gasteiger partial charge in [0.25, 0.3) is 0 Å². The van der Waals surface area contributed by atoms with E-state index < -0.39 is 5.54 Å². The molecule has 0 atom stereocenters. The fourth-order valence-electron chi connectivity index (χ4n) is 1.38. The van der Waals surface area contributed by atoms with Crippen LogP contribution in [0, 0.1) is 11.3 Å². The van der Waals surface area contributed by atoms with Crippen molar-refractivity contribution in [2.24, 2.45) is 0 Å².